The summed E-state index contributed by atoms with van der Waals surface area (Å²) in [4.78, 5) is 52.8. The van der Waals surface area contributed by atoms with Crippen molar-refractivity contribution in [3.63, 3.8) is 0 Å². The van der Waals surface area contributed by atoms with Crippen LogP contribution < -0.4 is 36.5 Å². The molecule has 0 bridgehead atoms. The quantitative estimate of drug-likeness (QED) is 0.128. The Bertz CT molecular complexity index is 1660. The first-order valence-electron chi connectivity index (χ1n) is 14.5. The molecule has 0 unspecified atom stereocenters. The van der Waals surface area contributed by atoms with E-state index in [0.717, 1.165) is 29.2 Å². The summed E-state index contributed by atoms with van der Waals surface area (Å²) in [6, 6.07) is 5.83. The first-order valence-corrected chi connectivity index (χ1v) is 14.9. The molecule has 3 aromatic rings. The fourth-order valence-electron chi connectivity index (χ4n) is 4.05. The molecule has 0 saturated heterocycles. The lowest BCUT2D eigenvalue weighted by molar-refractivity contribution is -0.680. The number of aryl methyl sites for hydroxylation is 2. The lowest BCUT2D eigenvalue weighted by Gasteiger charge is -2.10. The van der Waals surface area contributed by atoms with Crippen molar-refractivity contribution in [1.82, 2.24) is 30.1 Å². The van der Waals surface area contributed by atoms with Crippen molar-refractivity contribution in [2.75, 3.05) is 45.8 Å². The molecule has 0 aliphatic rings. The van der Waals surface area contributed by atoms with Gasteiger partial charge in [-0.3, -0.25) is 9.59 Å². The first-order chi connectivity index (χ1) is 23.5. The molecular formula is C28H36ClF6N9O7. The van der Waals surface area contributed by atoms with Crippen molar-refractivity contribution in [3.05, 3.63) is 34.9 Å². The van der Waals surface area contributed by atoms with Crippen LogP contribution in [-0.4, -0.2) is 94.9 Å². The van der Waals surface area contributed by atoms with Crippen LogP contribution in [-0.2, 0) is 34.0 Å². The first kappa shape index (κ1) is 43.9. The van der Waals surface area contributed by atoms with Crippen molar-refractivity contribution >= 4 is 58.0 Å². The van der Waals surface area contributed by atoms with Crippen LogP contribution in [0.3, 0.4) is 0 Å². The van der Waals surface area contributed by atoms with Crippen LogP contribution in [0.4, 0.5) is 38.0 Å². The molecule has 2 amide bonds. The number of carboxylic acids is 2. The minimum absolute atomic E-state index is 0.00693. The number of nitrogens with two attached hydrogens (primary N) is 2. The molecule has 3 rings (SSSR count). The minimum Gasteiger partial charge on any atom is -0.542 e. The van der Waals surface area contributed by atoms with Crippen LogP contribution in [0.5, 0.6) is 5.75 Å². The zero-order valence-electron chi connectivity index (χ0n) is 27.6. The number of nitrogens with one attached hydrogen (secondary N) is 2. The molecule has 2 heterocycles. The largest absolute Gasteiger partial charge is 0.542 e. The number of methoxy groups -OCH3 is 1. The van der Waals surface area contributed by atoms with E-state index in [1.165, 1.54) is 0 Å². The van der Waals surface area contributed by atoms with E-state index < -0.39 is 30.2 Å². The van der Waals surface area contributed by atoms with E-state index in [2.05, 4.69) is 29.7 Å². The molecule has 0 aliphatic heterocycles. The maximum atomic E-state index is 12.9. The molecule has 16 nitrogen and oxygen atoms in total. The number of anilines is 2. The molecule has 0 spiro atoms. The van der Waals surface area contributed by atoms with Crippen molar-refractivity contribution < 1.29 is 65.0 Å². The van der Waals surface area contributed by atoms with Gasteiger partial charge in [0.2, 0.25) is 5.91 Å². The number of nitrogens with zero attached hydrogens (tertiary/aromatic N) is 5. The smallest absolute Gasteiger partial charge is 0.490 e. The van der Waals surface area contributed by atoms with Gasteiger partial charge in [0.05, 0.1) is 20.2 Å². The zero-order valence-corrected chi connectivity index (χ0v) is 28.4. The summed E-state index contributed by atoms with van der Waals surface area (Å²) in [5.74, 6) is -4.85. The number of ether oxygens (including phenoxy) is 1. The maximum absolute atomic E-state index is 12.9. The van der Waals surface area contributed by atoms with E-state index in [4.69, 9.17) is 47.6 Å². The van der Waals surface area contributed by atoms with Gasteiger partial charge in [0, 0.05) is 25.6 Å². The SMILES string of the molecule is CCn1c(CNC(=O)c2nc(Cl)c(N)nc2N)[n+](CCCC(=O)NCCN(C)C)c2ccc(OC)cc21.O=C(O)C(F)(F)F.O=C([O-])C(F)(F)F. The van der Waals surface area contributed by atoms with Crippen LogP contribution in [0.15, 0.2) is 18.2 Å². The number of imidazole rings is 1. The van der Waals surface area contributed by atoms with Crippen LogP contribution in [0.2, 0.25) is 5.15 Å². The van der Waals surface area contributed by atoms with E-state index in [0.29, 0.717) is 32.5 Å². The van der Waals surface area contributed by atoms with Crippen molar-refractivity contribution in [3.8, 4) is 5.75 Å². The highest BCUT2D eigenvalue weighted by molar-refractivity contribution is 6.31. The van der Waals surface area contributed by atoms with Gasteiger partial charge >= 0.3 is 18.3 Å². The monoisotopic (exact) mass is 759 g/mol. The van der Waals surface area contributed by atoms with E-state index in [1.807, 2.05) is 44.1 Å². The van der Waals surface area contributed by atoms with Gasteiger partial charge in [0.15, 0.2) is 33.5 Å². The van der Waals surface area contributed by atoms with Gasteiger partial charge in [0.25, 0.3) is 11.7 Å². The summed E-state index contributed by atoms with van der Waals surface area (Å²) in [5, 5.41) is 21.6. The normalized spacial score (nSPS) is 11.2. The summed E-state index contributed by atoms with van der Waals surface area (Å²) < 4.78 is 72.9. The predicted octanol–water partition coefficient (Wildman–Crippen LogP) is 0.885. The lowest BCUT2D eigenvalue weighted by atomic mass is 10.2. The number of aliphatic carboxylic acids is 2. The molecular weight excluding hydrogens is 724 g/mol. The third-order valence-corrected chi connectivity index (χ3v) is 6.65. The number of hydrogen-bond acceptors (Lipinski definition) is 11. The third kappa shape index (κ3) is 14.0. The highest BCUT2D eigenvalue weighted by Crippen LogP contribution is 2.22. The fraction of sp³-hybridized carbons (Fsp3) is 0.464. The molecule has 23 heteroatoms. The number of rotatable bonds is 12. The maximum Gasteiger partial charge on any atom is 0.490 e. The number of fused-ring (bicyclic) bond motifs is 1. The Morgan fingerprint density at radius 2 is 1.65 bits per heavy atom. The highest BCUT2D eigenvalue weighted by Gasteiger charge is 2.38. The molecule has 0 fully saturated rings. The summed E-state index contributed by atoms with van der Waals surface area (Å²) in [7, 11) is 5.54. The van der Waals surface area contributed by atoms with Gasteiger partial charge in [-0.25, -0.2) is 23.9 Å². The van der Waals surface area contributed by atoms with Crippen molar-refractivity contribution in [2.45, 2.75) is 51.8 Å². The number of halogens is 7. The molecule has 1 aromatic carbocycles. The Morgan fingerprint density at radius 3 is 2.14 bits per heavy atom. The molecule has 0 aliphatic carbocycles. The number of likely N-dealkylation sites (N-methyl/N-ethyl adjacent to an activating group) is 1. The average Bonchev–Trinajstić information content (AvgIpc) is 3.32. The van der Waals surface area contributed by atoms with E-state index in [9.17, 15) is 35.9 Å². The second-order valence-electron chi connectivity index (χ2n) is 10.3. The van der Waals surface area contributed by atoms with Gasteiger partial charge in [-0.15, -0.1) is 0 Å². The minimum atomic E-state index is -5.19. The van der Waals surface area contributed by atoms with Gasteiger partial charge in [0.1, 0.15) is 18.3 Å². The molecule has 51 heavy (non-hydrogen) atoms. The summed E-state index contributed by atoms with van der Waals surface area (Å²) >= 11 is 5.94. The zero-order chi connectivity index (χ0) is 39.3. The number of hydrogen-bond donors (Lipinski definition) is 5. The van der Waals surface area contributed by atoms with Gasteiger partial charge < -0.3 is 46.7 Å². The van der Waals surface area contributed by atoms with Crippen LogP contribution >= 0.6 is 11.6 Å². The lowest BCUT2D eigenvalue weighted by Crippen LogP contribution is -2.42. The number of alkyl halides is 6. The Morgan fingerprint density at radius 1 is 1.06 bits per heavy atom. The molecule has 2 aromatic heterocycles. The molecule has 7 N–H and O–H groups in total. The molecule has 0 atom stereocenters. The Balaban J connectivity index is 0.000000780. The van der Waals surface area contributed by atoms with Crippen molar-refractivity contribution in [2.24, 2.45) is 0 Å². The van der Waals surface area contributed by atoms with Gasteiger partial charge in [-0.1, -0.05) is 11.6 Å². The van der Waals surface area contributed by atoms with Crippen LogP contribution in [0.1, 0.15) is 36.1 Å². The Kier molecular flexibility index (Phi) is 16.6. The number of amides is 2. The number of carbonyl (C=O) groups excluding carboxylic acids is 3. The second-order valence-corrected chi connectivity index (χ2v) is 10.7. The second kappa shape index (κ2) is 19.3. The molecule has 0 radical (unpaired) electrons. The van der Waals surface area contributed by atoms with E-state index >= 15 is 0 Å². The third-order valence-electron chi connectivity index (χ3n) is 6.37. The number of benzene rings is 1. The van der Waals surface area contributed by atoms with Gasteiger partial charge in [-0.2, -0.15) is 26.3 Å². The topological polar surface area (TPSA) is 235 Å². The molecule has 284 valence electrons. The predicted molar refractivity (Wildman–Crippen MR) is 167 cm³/mol. The highest BCUT2D eigenvalue weighted by atomic mass is 35.5. The van der Waals surface area contributed by atoms with Crippen molar-refractivity contribution in [1.29, 1.82) is 0 Å². The number of carbonyl (C=O) groups is 4. The summed E-state index contributed by atoms with van der Waals surface area (Å²) in [5.41, 5.74) is 13.3. The Hall–Kier alpha value is -5.12. The van der Waals surface area contributed by atoms with Crippen LogP contribution in [0.25, 0.3) is 11.0 Å². The standard InChI is InChI=1S/C24H34ClN9O3.2C2HF3O2/c1-5-33-17-13-15(37-4)8-9-16(17)34(11-6-7-18(35)28-10-12-32(2)3)19(33)14-29-24(36)20-22(26)31-23(27)21(25)30-20;2*3-2(4,5)1(6)7/h8-9,13H,5-7,10-12,14H2,1-4H3,(H5-,26,27,28,29,31,35,36);2*(H,6,7). The number of carboxylic acid groups (broad SMARTS) is 2. The van der Waals surface area contributed by atoms with E-state index in [1.54, 1.807) is 7.11 Å². The van der Waals surface area contributed by atoms with Gasteiger partial charge in [-0.05, 0) is 39.6 Å². The molecule has 0 saturated carbocycles. The Labute approximate surface area is 291 Å². The van der Waals surface area contributed by atoms with Crippen LogP contribution in [0, 0.1) is 0 Å². The fourth-order valence-corrected chi connectivity index (χ4v) is 4.18. The van der Waals surface area contributed by atoms with E-state index in [-0.39, 0.29) is 34.9 Å². The summed E-state index contributed by atoms with van der Waals surface area (Å²) in [6.07, 6.45) is -9.27. The average molecular weight is 760 g/mol. The number of nitrogen functional groups attached to an aromatic ring is 2. The summed E-state index contributed by atoms with van der Waals surface area (Å²) in [6.45, 7) is 4.83. The number of aromatic nitrogens is 4.